The summed E-state index contributed by atoms with van der Waals surface area (Å²) in [5.74, 6) is -0.0143. The van der Waals surface area contributed by atoms with Crippen molar-refractivity contribution in [3.05, 3.63) is 11.6 Å². The molecule has 1 fully saturated rings. The van der Waals surface area contributed by atoms with E-state index in [-0.39, 0.29) is 12.5 Å². The minimum absolute atomic E-state index is 0.0143. The molecule has 0 spiro atoms. The minimum atomic E-state index is -3.22. The molecule has 0 aromatic rings. The first-order valence-electron chi connectivity index (χ1n) is 6.96. The highest BCUT2D eigenvalue weighted by Crippen LogP contribution is 2.16. The van der Waals surface area contributed by atoms with E-state index in [4.69, 9.17) is 0 Å². The van der Waals surface area contributed by atoms with E-state index in [0.717, 1.165) is 13.1 Å². The van der Waals surface area contributed by atoms with Crippen molar-refractivity contribution < 1.29 is 13.2 Å². The Kier molecular flexibility index (Phi) is 4.51. The van der Waals surface area contributed by atoms with E-state index in [1.165, 1.54) is 10.6 Å². The lowest BCUT2D eigenvalue weighted by molar-refractivity contribution is -0.129. The van der Waals surface area contributed by atoms with Crippen molar-refractivity contribution in [3.63, 3.8) is 0 Å². The van der Waals surface area contributed by atoms with Gasteiger partial charge in [0.25, 0.3) is 5.91 Å². The fourth-order valence-corrected chi connectivity index (χ4v) is 3.30. The van der Waals surface area contributed by atoms with E-state index in [1.807, 2.05) is 4.90 Å². The number of sulfonamides is 1. The zero-order chi connectivity index (χ0) is 14.9. The fourth-order valence-electron chi connectivity index (χ4n) is 2.58. The maximum absolute atomic E-state index is 12.4. The molecule has 0 N–H and O–H groups in total. The maximum Gasteiger partial charge on any atom is 0.250 e. The standard InChI is InChI=1S/C13H23N3O3S/c1-11(2)14-6-8-15(9-7-14)13(17)12-4-5-16(10-12)20(3,18)19/h4,11H,5-10H2,1-3H3. The molecule has 0 aromatic heterocycles. The van der Waals surface area contributed by atoms with Gasteiger partial charge >= 0.3 is 0 Å². The Morgan fingerprint density at radius 2 is 1.80 bits per heavy atom. The highest BCUT2D eigenvalue weighted by Gasteiger charge is 2.30. The summed E-state index contributed by atoms with van der Waals surface area (Å²) in [5.41, 5.74) is 0.605. The topological polar surface area (TPSA) is 60.9 Å². The normalized spacial score (nSPS) is 22.4. The highest BCUT2D eigenvalue weighted by molar-refractivity contribution is 7.88. The molecule has 0 bridgehead atoms. The van der Waals surface area contributed by atoms with Crippen LogP contribution in [0.2, 0.25) is 0 Å². The molecule has 0 saturated carbocycles. The first kappa shape index (κ1) is 15.5. The molecule has 2 aliphatic rings. The van der Waals surface area contributed by atoms with Crippen LogP contribution in [-0.2, 0) is 14.8 Å². The Morgan fingerprint density at radius 1 is 1.20 bits per heavy atom. The lowest BCUT2D eigenvalue weighted by atomic mass is 10.2. The van der Waals surface area contributed by atoms with Crippen molar-refractivity contribution >= 4 is 15.9 Å². The van der Waals surface area contributed by atoms with Gasteiger partial charge in [-0.1, -0.05) is 6.08 Å². The van der Waals surface area contributed by atoms with Crippen LogP contribution < -0.4 is 0 Å². The van der Waals surface area contributed by atoms with Crippen molar-refractivity contribution in [3.8, 4) is 0 Å². The van der Waals surface area contributed by atoms with E-state index in [0.29, 0.717) is 31.2 Å². The number of rotatable bonds is 3. The maximum atomic E-state index is 12.4. The average molecular weight is 301 g/mol. The van der Waals surface area contributed by atoms with Crippen LogP contribution in [0, 0.1) is 0 Å². The molecule has 0 atom stereocenters. The Morgan fingerprint density at radius 3 is 2.25 bits per heavy atom. The van der Waals surface area contributed by atoms with E-state index < -0.39 is 10.0 Å². The van der Waals surface area contributed by atoms with Crippen LogP contribution in [-0.4, -0.2) is 80.0 Å². The zero-order valence-corrected chi connectivity index (χ0v) is 13.2. The SMILES string of the molecule is CC(C)N1CCN(C(=O)C2=CCN(S(C)(=O)=O)C2)CC1. The van der Waals surface area contributed by atoms with Crippen LogP contribution in [0.1, 0.15) is 13.8 Å². The minimum Gasteiger partial charge on any atom is -0.336 e. The predicted molar refractivity (Wildman–Crippen MR) is 77.8 cm³/mol. The van der Waals surface area contributed by atoms with Crippen molar-refractivity contribution in [2.45, 2.75) is 19.9 Å². The van der Waals surface area contributed by atoms with Gasteiger partial charge in [-0.05, 0) is 13.8 Å². The van der Waals surface area contributed by atoms with E-state index in [9.17, 15) is 13.2 Å². The van der Waals surface area contributed by atoms with Gasteiger partial charge in [-0.25, -0.2) is 8.42 Å². The Hall–Kier alpha value is -0.920. The molecule has 2 rings (SSSR count). The van der Waals surface area contributed by atoms with Gasteiger partial charge in [-0.15, -0.1) is 0 Å². The van der Waals surface area contributed by atoms with Crippen LogP contribution in [0.4, 0.5) is 0 Å². The molecule has 114 valence electrons. The molecular formula is C13H23N3O3S. The zero-order valence-electron chi connectivity index (χ0n) is 12.4. The monoisotopic (exact) mass is 301 g/mol. The van der Waals surface area contributed by atoms with E-state index in [1.54, 1.807) is 6.08 Å². The summed E-state index contributed by atoms with van der Waals surface area (Å²) >= 11 is 0. The lowest BCUT2D eigenvalue weighted by Crippen LogP contribution is -2.51. The highest BCUT2D eigenvalue weighted by atomic mass is 32.2. The number of hydrogen-bond donors (Lipinski definition) is 0. The summed E-state index contributed by atoms with van der Waals surface area (Å²) in [7, 11) is -3.22. The average Bonchev–Trinajstić information content (AvgIpc) is 2.87. The molecule has 2 heterocycles. The Balaban J connectivity index is 1.91. The summed E-state index contributed by atoms with van der Waals surface area (Å²) < 4.78 is 24.2. The van der Waals surface area contributed by atoms with Crippen LogP contribution in [0.3, 0.4) is 0 Å². The van der Waals surface area contributed by atoms with Crippen LogP contribution in [0.5, 0.6) is 0 Å². The second-order valence-corrected chi connectivity index (χ2v) is 7.69. The van der Waals surface area contributed by atoms with Crippen molar-refractivity contribution in [1.82, 2.24) is 14.1 Å². The van der Waals surface area contributed by atoms with Gasteiger partial charge in [-0.3, -0.25) is 9.69 Å². The molecule has 0 radical (unpaired) electrons. The first-order valence-corrected chi connectivity index (χ1v) is 8.81. The summed E-state index contributed by atoms with van der Waals surface area (Å²) in [6.45, 7) is 8.02. The number of amides is 1. The van der Waals surface area contributed by atoms with Crippen molar-refractivity contribution in [1.29, 1.82) is 0 Å². The number of nitrogens with zero attached hydrogens (tertiary/aromatic N) is 3. The third-order valence-corrected chi connectivity index (χ3v) is 5.18. The lowest BCUT2D eigenvalue weighted by Gasteiger charge is -2.37. The predicted octanol–water partition coefficient (Wildman–Crippen LogP) is -0.259. The number of piperazine rings is 1. The molecule has 0 aliphatic carbocycles. The molecule has 20 heavy (non-hydrogen) atoms. The van der Waals surface area contributed by atoms with Gasteiger partial charge in [-0.2, -0.15) is 4.31 Å². The third kappa shape index (κ3) is 3.39. The smallest absolute Gasteiger partial charge is 0.250 e. The Labute approximate surface area is 121 Å². The van der Waals surface area contributed by atoms with E-state index >= 15 is 0 Å². The third-order valence-electron chi connectivity index (χ3n) is 3.96. The van der Waals surface area contributed by atoms with Gasteiger partial charge < -0.3 is 4.90 Å². The molecule has 1 saturated heterocycles. The number of carbonyl (C=O) groups is 1. The van der Waals surface area contributed by atoms with Gasteiger partial charge in [0, 0.05) is 50.9 Å². The molecule has 0 unspecified atom stereocenters. The summed E-state index contributed by atoms with van der Waals surface area (Å²) in [5, 5.41) is 0. The van der Waals surface area contributed by atoms with Crippen LogP contribution in [0.15, 0.2) is 11.6 Å². The molecule has 1 amide bonds. The number of hydrogen-bond acceptors (Lipinski definition) is 4. The molecular weight excluding hydrogens is 278 g/mol. The van der Waals surface area contributed by atoms with Gasteiger partial charge in [0.05, 0.1) is 6.26 Å². The van der Waals surface area contributed by atoms with E-state index in [2.05, 4.69) is 18.7 Å². The fraction of sp³-hybridized carbons (Fsp3) is 0.769. The second-order valence-electron chi connectivity index (χ2n) is 5.71. The largest absolute Gasteiger partial charge is 0.336 e. The molecule has 0 aromatic carbocycles. The van der Waals surface area contributed by atoms with Gasteiger partial charge in [0.1, 0.15) is 0 Å². The van der Waals surface area contributed by atoms with Crippen molar-refractivity contribution in [2.75, 3.05) is 45.5 Å². The summed E-state index contributed by atoms with van der Waals surface area (Å²) in [6.07, 6.45) is 2.91. The summed E-state index contributed by atoms with van der Waals surface area (Å²) in [6, 6.07) is 0.499. The van der Waals surface area contributed by atoms with Gasteiger partial charge in [0.15, 0.2) is 0 Å². The van der Waals surface area contributed by atoms with Crippen LogP contribution in [0.25, 0.3) is 0 Å². The van der Waals surface area contributed by atoms with Crippen molar-refractivity contribution in [2.24, 2.45) is 0 Å². The summed E-state index contributed by atoms with van der Waals surface area (Å²) in [4.78, 5) is 16.5. The van der Waals surface area contributed by atoms with Gasteiger partial charge in [0.2, 0.25) is 10.0 Å². The quantitative estimate of drug-likeness (QED) is 0.721. The number of carbonyl (C=O) groups excluding carboxylic acids is 1. The Bertz CT molecular complexity index is 505. The molecule has 7 heteroatoms. The molecule has 2 aliphatic heterocycles. The molecule has 6 nitrogen and oxygen atoms in total. The van der Waals surface area contributed by atoms with Crippen LogP contribution >= 0.6 is 0 Å². The second kappa shape index (κ2) is 5.83. The first-order chi connectivity index (χ1) is 9.29.